The molecule has 0 saturated carbocycles. The Bertz CT molecular complexity index is 317. The van der Waals surface area contributed by atoms with Crippen LogP contribution in [0.5, 0.6) is 0 Å². The van der Waals surface area contributed by atoms with Crippen molar-refractivity contribution in [2.45, 2.75) is 20.4 Å². The van der Waals surface area contributed by atoms with Gasteiger partial charge in [-0.05, 0) is 6.92 Å². The van der Waals surface area contributed by atoms with Gasteiger partial charge in [-0.25, -0.2) is 0 Å². The molecule has 0 bridgehead atoms. The lowest BCUT2D eigenvalue weighted by Gasteiger charge is -1.91. The highest BCUT2D eigenvalue weighted by atomic mass is 16.6. The first kappa shape index (κ1) is 8.73. The molecular formula is C7H10N2O3. The fourth-order valence-electron chi connectivity index (χ4n) is 1.20. The third kappa shape index (κ3) is 1.18. The van der Waals surface area contributed by atoms with Crippen molar-refractivity contribution < 1.29 is 9.34 Å². The van der Waals surface area contributed by atoms with Crippen LogP contribution in [0.2, 0.25) is 0 Å². The molecule has 0 aliphatic carbocycles. The summed E-state index contributed by atoms with van der Waals surface area (Å²) in [4.78, 5) is 10.0. The molecule has 5 heteroatoms. The molecule has 1 aromatic heterocycles. The van der Waals surface area contributed by atoms with Gasteiger partial charge in [0.15, 0.2) is 5.76 Å². The SMILES string of the molecule is Cc1oc(C)c([N+](=O)[O-])c1CN. The molecule has 0 aromatic carbocycles. The van der Waals surface area contributed by atoms with E-state index in [1.807, 2.05) is 0 Å². The summed E-state index contributed by atoms with van der Waals surface area (Å²) < 4.78 is 5.08. The third-order valence-electron chi connectivity index (χ3n) is 1.74. The molecule has 0 atom stereocenters. The number of nitro groups is 1. The minimum Gasteiger partial charge on any atom is -0.459 e. The maximum atomic E-state index is 10.5. The molecule has 0 saturated heterocycles. The van der Waals surface area contributed by atoms with Crippen molar-refractivity contribution in [2.75, 3.05) is 0 Å². The van der Waals surface area contributed by atoms with Crippen LogP contribution in [0.3, 0.4) is 0 Å². The number of rotatable bonds is 2. The average Bonchev–Trinajstić information content (AvgIpc) is 2.24. The summed E-state index contributed by atoms with van der Waals surface area (Å²) in [5.74, 6) is 0.847. The van der Waals surface area contributed by atoms with Crippen LogP contribution in [0.15, 0.2) is 4.42 Å². The number of hydrogen-bond acceptors (Lipinski definition) is 4. The number of hydrogen-bond donors (Lipinski definition) is 1. The Balaban J connectivity index is 3.32. The van der Waals surface area contributed by atoms with Gasteiger partial charge in [0.1, 0.15) is 5.76 Å². The van der Waals surface area contributed by atoms with Crippen LogP contribution >= 0.6 is 0 Å². The molecule has 5 nitrogen and oxygen atoms in total. The predicted molar refractivity (Wildman–Crippen MR) is 42.7 cm³/mol. The van der Waals surface area contributed by atoms with E-state index < -0.39 is 4.92 Å². The maximum absolute atomic E-state index is 10.5. The van der Waals surface area contributed by atoms with E-state index in [0.717, 1.165) is 0 Å². The normalized spacial score (nSPS) is 10.2. The Morgan fingerprint density at radius 2 is 2.08 bits per heavy atom. The highest BCUT2D eigenvalue weighted by Crippen LogP contribution is 2.28. The molecule has 0 spiro atoms. The third-order valence-corrected chi connectivity index (χ3v) is 1.74. The Labute approximate surface area is 69.3 Å². The number of nitrogens with two attached hydrogens (primary N) is 1. The van der Waals surface area contributed by atoms with E-state index in [2.05, 4.69) is 0 Å². The van der Waals surface area contributed by atoms with E-state index in [-0.39, 0.29) is 12.2 Å². The summed E-state index contributed by atoms with van der Waals surface area (Å²) in [5.41, 5.74) is 5.83. The van der Waals surface area contributed by atoms with Crippen molar-refractivity contribution in [3.63, 3.8) is 0 Å². The highest BCUT2D eigenvalue weighted by molar-refractivity contribution is 5.45. The van der Waals surface area contributed by atoms with Crippen LogP contribution in [0.4, 0.5) is 5.69 Å². The summed E-state index contributed by atoms with van der Waals surface area (Å²) in [5, 5.41) is 10.5. The Kier molecular flexibility index (Phi) is 2.14. The van der Waals surface area contributed by atoms with Crippen LogP contribution in [0.1, 0.15) is 17.1 Å². The van der Waals surface area contributed by atoms with Gasteiger partial charge in [-0.2, -0.15) is 0 Å². The van der Waals surface area contributed by atoms with Crippen LogP contribution in [0, 0.1) is 24.0 Å². The van der Waals surface area contributed by atoms with Crippen LogP contribution in [-0.4, -0.2) is 4.92 Å². The molecule has 1 rings (SSSR count). The van der Waals surface area contributed by atoms with Crippen LogP contribution in [-0.2, 0) is 6.54 Å². The summed E-state index contributed by atoms with van der Waals surface area (Å²) >= 11 is 0. The molecule has 0 aliphatic rings. The van der Waals surface area contributed by atoms with E-state index in [9.17, 15) is 10.1 Å². The number of aryl methyl sites for hydroxylation is 2. The molecule has 1 aromatic rings. The zero-order chi connectivity index (χ0) is 9.30. The van der Waals surface area contributed by atoms with Crippen LogP contribution < -0.4 is 5.73 Å². The standard InChI is InChI=1S/C7H10N2O3/c1-4-6(3-8)7(9(10)11)5(2)12-4/h3,8H2,1-2H3. The lowest BCUT2D eigenvalue weighted by atomic mass is 10.2. The first-order valence-corrected chi connectivity index (χ1v) is 3.51. The van der Waals surface area contributed by atoms with Crippen LogP contribution in [0.25, 0.3) is 0 Å². The molecule has 0 fully saturated rings. The second kappa shape index (κ2) is 2.94. The van der Waals surface area contributed by atoms with Crippen molar-refractivity contribution in [1.29, 1.82) is 0 Å². The van der Waals surface area contributed by atoms with E-state index in [1.165, 1.54) is 0 Å². The van der Waals surface area contributed by atoms with E-state index >= 15 is 0 Å². The Morgan fingerprint density at radius 1 is 1.50 bits per heavy atom. The lowest BCUT2D eigenvalue weighted by molar-refractivity contribution is -0.386. The molecule has 0 aliphatic heterocycles. The van der Waals surface area contributed by atoms with E-state index in [1.54, 1.807) is 13.8 Å². The predicted octanol–water partition coefficient (Wildman–Crippen LogP) is 1.26. The second-order valence-corrected chi connectivity index (χ2v) is 2.50. The van der Waals surface area contributed by atoms with Gasteiger partial charge in [-0.15, -0.1) is 0 Å². The minimum atomic E-state index is -0.464. The van der Waals surface area contributed by atoms with Gasteiger partial charge in [-0.3, -0.25) is 10.1 Å². The second-order valence-electron chi connectivity index (χ2n) is 2.50. The van der Waals surface area contributed by atoms with Gasteiger partial charge in [-0.1, -0.05) is 0 Å². The molecule has 2 N–H and O–H groups in total. The van der Waals surface area contributed by atoms with Gasteiger partial charge >= 0.3 is 5.69 Å². The molecular weight excluding hydrogens is 160 g/mol. The van der Waals surface area contributed by atoms with Crippen molar-refractivity contribution in [3.05, 3.63) is 27.2 Å². The first-order chi connectivity index (χ1) is 5.57. The Morgan fingerprint density at radius 3 is 2.42 bits per heavy atom. The fraction of sp³-hybridized carbons (Fsp3) is 0.429. The first-order valence-electron chi connectivity index (χ1n) is 3.51. The smallest absolute Gasteiger partial charge is 0.314 e. The summed E-state index contributed by atoms with van der Waals surface area (Å²) in [6.07, 6.45) is 0. The molecule has 12 heavy (non-hydrogen) atoms. The molecule has 0 amide bonds. The van der Waals surface area contributed by atoms with E-state index in [0.29, 0.717) is 17.1 Å². The molecule has 66 valence electrons. The topological polar surface area (TPSA) is 82.3 Å². The van der Waals surface area contributed by atoms with Crippen molar-refractivity contribution in [3.8, 4) is 0 Å². The van der Waals surface area contributed by atoms with Gasteiger partial charge in [0, 0.05) is 13.5 Å². The quantitative estimate of drug-likeness (QED) is 0.535. The summed E-state index contributed by atoms with van der Waals surface area (Å²) in [6, 6.07) is 0. The van der Waals surface area contributed by atoms with Crippen molar-refractivity contribution in [1.82, 2.24) is 0 Å². The van der Waals surface area contributed by atoms with Crippen molar-refractivity contribution >= 4 is 5.69 Å². The molecule has 0 unspecified atom stereocenters. The number of nitrogens with zero attached hydrogens (tertiary/aromatic N) is 1. The largest absolute Gasteiger partial charge is 0.459 e. The van der Waals surface area contributed by atoms with Gasteiger partial charge in [0.2, 0.25) is 0 Å². The Hall–Kier alpha value is -1.36. The zero-order valence-electron chi connectivity index (χ0n) is 6.96. The number of furan rings is 1. The zero-order valence-corrected chi connectivity index (χ0v) is 6.96. The van der Waals surface area contributed by atoms with E-state index in [4.69, 9.17) is 10.2 Å². The minimum absolute atomic E-state index is 0.00926. The highest BCUT2D eigenvalue weighted by Gasteiger charge is 2.23. The average molecular weight is 170 g/mol. The lowest BCUT2D eigenvalue weighted by Crippen LogP contribution is -2.00. The van der Waals surface area contributed by atoms with Crippen molar-refractivity contribution in [2.24, 2.45) is 5.73 Å². The van der Waals surface area contributed by atoms with Gasteiger partial charge < -0.3 is 10.2 Å². The molecule has 1 heterocycles. The van der Waals surface area contributed by atoms with Gasteiger partial charge in [0.05, 0.1) is 10.5 Å². The fourth-order valence-corrected chi connectivity index (χ4v) is 1.20. The summed E-state index contributed by atoms with van der Waals surface area (Å²) in [6.45, 7) is 3.37. The summed E-state index contributed by atoms with van der Waals surface area (Å²) in [7, 11) is 0. The van der Waals surface area contributed by atoms with Gasteiger partial charge in [0.25, 0.3) is 0 Å². The molecule has 0 radical (unpaired) electrons. The maximum Gasteiger partial charge on any atom is 0.314 e. The monoisotopic (exact) mass is 170 g/mol.